The van der Waals surface area contributed by atoms with Gasteiger partial charge < -0.3 is 40.3 Å². The van der Waals surface area contributed by atoms with Gasteiger partial charge in [-0.2, -0.15) is 0 Å². The number of aromatic hydroxyl groups is 5. The first kappa shape index (κ1) is 38.0. The number of fused-ring (bicyclic) bond motifs is 9. The van der Waals surface area contributed by atoms with Crippen LogP contribution in [0.4, 0.5) is 11.4 Å². The van der Waals surface area contributed by atoms with Gasteiger partial charge in [-0.25, -0.2) is 0 Å². The molecule has 0 saturated carbocycles. The van der Waals surface area contributed by atoms with Crippen LogP contribution in [0.25, 0.3) is 56.2 Å². The van der Waals surface area contributed by atoms with Gasteiger partial charge in [-0.05, 0) is 108 Å². The van der Waals surface area contributed by atoms with Gasteiger partial charge in [0, 0.05) is 57.8 Å². The van der Waals surface area contributed by atoms with E-state index < -0.39 is 28.7 Å². The summed E-state index contributed by atoms with van der Waals surface area (Å²) in [6.07, 6.45) is 24.2. The molecular formula is C52H45N3O5. The number of hydrogen-bond acceptors (Lipinski definition) is 7. The van der Waals surface area contributed by atoms with Crippen molar-refractivity contribution in [2.24, 2.45) is 0 Å². The summed E-state index contributed by atoms with van der Waals surface area (Å²) in [5.41, 5.74) is 13.3. The van der Waals surface area contributed by atoms with Crippen molar-refractivity contribution in [1.29, 1.82) is 0 Å². The van der Waals surface area contributed by atoms with Crippen LogP contribution in [0.15, 0.2) is 134 Å². The molecule has 3 aliphatic rings. The lowest BCUT2D eigenvalue weighted by molar-refractivity contribution is 0.327. The Morgan fingerprint density at radius 1 is 0.750 bits per heavy atom. The molecule has 8 nitrogen and oxygen atoms in total. The van der Waals surface area contributed by atoms with Crippen molar-refractivity contribution in [3.63, 3.8) is 0 Å². The van der Waals surface area contributed by atoms with Gasteiger partial charge in [-0.15, -0.1) is 0 Å². The Morgan fingerprint density at radius 2 is 1.43 bits per heavy atom. The van der Waals surface area contributed by atoms with E-state index in [2.05, 4.69) is 116 Å². The van der Waals surface area contributed by atoms with Gasteiger partial charge in [0.2, 0.25) is 17.2 Å². The normalized spacial score (nSPS) is 16.3. The SMILES string of the molecule is C=C(/C=C(\C=C/C)c1ccc2c(c1)c1c(n2-c2c(O)c(O)c(O)c(O)c2O)CCC=C1)c1ccccc1NC1=C/C(=C)c2c3c(c4ccccc4c2N(C)/C=C\1)C=CCC3. The maximum absolute atomic E-state index is 11.0. The number of aromatic nitrogens is 1. The zero-order valence-electron chi connectivity index (χ0n) is 33.5. The second kappa shape index (κ2) is 15.0. The lowest BCUT2D eigenvalue weighted by atomic mass is 9.83. The lowest BCUT2D eigenvalue weighted by Gasteiger charge is -2.29. The molecule has 1 aliphatic heterocycles. The first-order chi connectivity index (χ1) is 29.1. The van der Waals surface area contributed by atoms with E-state index >= 15 is 0 Å². The number of benzene rings is 5. The molecule has 8 heteroatoms. The minimum absolute atomic E-state index is 0.211. The fourth-order valence-corrected chi connectivity index (χ4v) is 8.98. The molecule has 298 valence electrons. The topological polar surface area (TPSA) is 121 Å². The van der Waals surface area contributed by atoms with Gasteiger partial charge in [-0.1, -0.05) is 98.1 Å². The molecule has 6 aromatic rings. The van der Waals surface area contributed by atoms with E-state index in [1.54, 1.807) is 4.57 Å². The average Bonchev–Trinajstić information content (AvgIpc) is 3.59. The van der Waals surface area contributed by atoms with Crippen molar-refractivity contribution >= 4 is 61.9 Å². The molecule has 0 saturated heterocycles. The van der Waals surface area contributed by atoms with Crippen LogP contribution in [0.3, 0.4) is 0 Å². The second-order valence-corrected chi connectivity index (χ2v) is 15.4. The Hall–Kier alpha value is -7.58. The molecule has 0 radical (unpaired) electrons. The quantitative estimate of drug-likeness (QED) is 0.0541. The molecule has 0 fully saturated rings. The lowest BCUT2D eigenvalue weighted by Crippen LogP contribution is -2.16. The molecule has 0 amide bonds. The van der Waals surface area contributed by atoms with E-state index in [9.17, 15) is 25.5 Å². The molecule has 0 bridgehead atoms. The van der Waals surface area contributed by atoms with E-state index in [4.69, 9.17) is 0 Å². The molecule has 0 unspecified atom stereocenters. The third-order valence-corrected chi connectivity index (χ3v) is 11.7. The summed E-state index contributed by atoms with van der Waals surface area (Å²) in [6.45, 7) is 11.2. The first-order valence-corrected chi connectivity index (χ1v) is 20.1. The van der Waals surface area contributed by atoms with Crippen LogP contribution in [0, 0.1) is 0 Å². The summed E-state index contributed by atoms with van der Waals surface area (Å²) in [7, 11) is 2.10. The highest BCUT2D eigenvalue weighted by Gasteiger charge is 2.29. The van der Waals surface area contributed by atoms with Crippen molar-refractivity contribution < 1.29 is 25.5 Å². The van der Waals surface area contributed by atoms with Crippen LogP contribution in [-0.2, 0) is 12.8 Å². The Kier molecular flexibility index (Phi) is 9.48. The molecule has 6 N–H and O–H groups in total. The number of allylic oxidation sites excluding steroid dienone is 10. The summed E-state index contributed by atoms with van der Waals surface area (Å²) in [6, 6.07) is 22.6. The standard InChI is InChI=1S/C52H45N3O5/c1-5-14-32(33-23-24-44-41(29-33)38-18-11-13-22-43(38)55(44)47-48(56)50(58)52(60)51(59)49(47)57)27-30(2)35-15-10-12-21-42(35)53-34-25-26-54(4)46-40-20-9-7-17-37(40)36-16-6-8-19-39(36)45(46)31(3)28-34/h5-7,9-12,14-18,20-21,23-29,53,56-60H,2-3,8,13,19,22H2,1,4H3/b14-5-,26-25-,32-27+,34-28+. The fraction of sp³-hybridized carbons (Fsp3) is 0.115. The third kappa shape index (κ3) is 6.16. The van der Waals surface area contributed by atoms with Crippen LogP contribution in [0.2, 0.25) is 0 Å². The van der Waals surface area contributed by atoms with Crippen molar-refractivity contribution in [3.8, 4) is 34.4 Å². The highest BCUT2D eigenvalue weighted by molar-refractivity contribution is 6.08. The van der Waals surface area contributed by atoms with E-state index in [-0.39, 0.29) is 5.69 Å². The zero-order chi connectivity index (χ0) is 41.8. The molecule has 1 aromatic heterocycles. The predicted octanol–water partition coefficient (Wildman–Crippen LogP) is 11.9. The van der Waals surface area contributed by atoms with Crippen LogP contribution >= 0.6 is 0 Å². The second-order valence-electron chi connectivity index (χ2n) is 15.4. The van der Waals surface area contributed by atoms with Gasteiger partial charge in [0.05, 0.1) is 11.2 Å². The largest absolute Gasteiger partial charge is 0.503 e. The van der Waals surface area contributed by atoms with Crippen LogP contribution < -0.4 is 10.2 Å². The van der Waals surface area contributed by atoms with E-state index in [1.807, 2.05) is 49.4 Å². The van der Waals surface area contributed by atoms with Gasteiger partial charge in [0.25, 0.3) is 0 Å². The van der Waals surface area contributed by atoms with Gasteiger partial charge >= 0.3 is 0 Å². The molecule has 2 aliphatic carbocycles. The molecule has 5 aromatic carbocycles. The number of para-hydroxylation sites is 1. The summed E-state index contributed by atoms with van der Waals surface area (Å²) in [5, 5.41) is 59.9. The van der Waals surface area contributed by atoms with Crippen molar-refractivity contribution in [3.05, 3.63) is 173 Å². The first-order valence-electron chi connectivity index (χ1n) is 20.1. The minimum Gasteiger partial charge on any atom is -0.503 e. The summed E-state index contributed by atoms with van der Waals surface area (Å²) in [5.74, 6) is -4.31. The molecule has 0 atom stereocenters. The van der Waals surface area contributed by atoms with Crippen molar-refractivity contribution in [2.75, 3.05) is 17.3 Å². The van der Waals surface area contributed by atoms with E-state index in [0.717, 1.165) is 74.4 Å². The number of phenolic OH excluding ortho intramolecular Hbond substituents is 5. The highest BCUT2D eigenvalue weighted by atomic mass is 16.4. The molecule has 9 rings (SSSR count). The van der Waals surface area contributed by atoms with Crippen molar-refractivity contribution in [1.82, 2.24) is 4.57 Å². The van der Waals surface area contributed by atoms with Crippen molar-refractivity contribution in [2.45, 2.75) is 32.6 Å². The molecule has 0 spiro atoms. The summed E-state index contributed by atoms with van der Waals surface area (Å²) < 4.78 is 1.64. The number of nitrogens with zero attached hydrogens (tertiary/aromatic N) is 2. The van der Waals surface area contributed by atoms with E-state index in [1.165, 1.54) is 27.5 Å². The average molecular weight is 792 g/mol. The number of hydrogen-bond donors (Lipinski definition) is 6. The van der Waals surface area contributed by atoms with Crippen LogP contribution in [0.1, 0.15) is 58.8 Å². The Morgan fingerprint density at radius 3 is 2.20 bits per heavy atom. The minimum atomic E-state index is -0.994. The highest BCUT2D eigenvalue weighted by Crippen LogP contribution is 2.54. The van der Waals surface area contributed by atoms with Crippen LogP contribution in [-0.4, -0.2) is 37.1 Å². The number of anilines is 2. The molecule has 60 heavy (non-hydrogen) atoms. The Labute approximate surface area is 348 Å². The van der Waals surface area contributed by atoms with Gasteiger partial charge in [-0.3, -0.25) is 0 Å². The summed E-state index contributed by atoms with van der Waals surface area (Å²) in [4.78, 5) is 2.20. The zero-order valence-corrected chi connectivity index (χ0v) is 33.5. The van der Waals surface area contributed by atoms with Crippen LogP contribution in [0.5, 0.6) is 28.7 Å². The number of phenols is 5. The number of nitrogens with one attached hydrogen (secondary N) is 1. The smallest absolute Gasteiger partial charge is 0.208 e. The van der Waals surface area contributed by atoms with Gasteiger partial charge in [0.1, 0.15) is 5.69 Å². The maximum atomic E-state index is 11.0. The molecule has 2 heterocycles. The summed E-state index contributed by atoms with van der Waals surface area (Å²) >= 11 is 0. The predicted molar refractivity (Wildman–Crippen MR) is 247 cm³/mol. The maximum Gasteiger partial charge on any atom is 0.208 e. The fourth-order valence-electron chi connectivity index (χ4n) is 8.98. The Balaban J connectivity index is 1.09. The third-order valence-electron chi connectivity index (χ3n) is 11.7. The van der Waals surface area contributed by atoms with E-state index in [0.29, 0.717) is 18.4 Å². The van der Waals surface area contributed by atoms with Gasteiger partial charge in [0.15, 0.2) is 11.5 Å². The Bertz CT molecular complexity index is 3000. The molecular weight excluding hydrogens is 747 g/mol. The number of rotatable bonds is 7. The monoisotopic (exact) mass is 791 g/mol.